The Morgan fingerprint density at radius 3 is 1.77 bits per heavy atom. The highest BCUT2D eigenvalue weighted by atomic mass is 16.5. The molecule has 0 aromatic heterocycles. The van der Waals surface area contributed by atoms with Crippen LogP contribution in [0.3, 0.4) is 0 Å². The first-order chi connectivity index (χ1) is 19.4. The number of rotatable bonds is 12. The lowest BCUT2D eigenvalue weighted by Crippen LogP contribution is -1.95. The Labute approximate surface area is 236 Å². The second-order valence-electron chi connectivity index (χ2n) is 9.58. The van der Waals surface area contributed by atoms with Crippen LogP contribution in [-0.2, 0) is 25.7 Å². The number of benzene rings is 4. The Morgan fingerprint density at radius 1 is 0.525 bits per heavy atom. The fourth-order valence-electron chi connectivity index (χ4n) is 4.69. The molecule has 0 fully saturated rings. The van der Waals surface area contributed by atoms with Crippen molar-refractivity contribution in [3.63, 3.8) is 0 Å². The van der Waals surface area contributed by atoms with Crippen LogP contribution < -0.4 is 4.74 Å². The second kappa shape index (κ2) is 12.7. The van der Waals surface area contributed by atoms with E-state index in [2.05, 4.69) is 26.3 Å². The Balaban J connectivity index is 1.87. The average Bonchev–Trinajstić information content (AvgIpc) is 2.94. The third-order valence-corrected chi connectivity index (χ3v) is 6.67. The van der Waals surface area contributed by atoms with Gasteiger partial charge < -0.3 is 20.1 Å². The molecule has 4 aromatic rings. The number of hydrogen-bond donors (Lipinski definition) is 3. The van der Waals surface area contributed by atoms with Crippen molar-refractivity contribution in [1.82, 2.24) is 0 Å². The maximum atomic E-state index is 11.2. The molecule has 0 spiro atoms. The summed E-state index contributed by atoms with van der Waals surface area (Å²) < 4.78 is 6.43. The minimum Gasteiger partial charge on any atom is -0.508 e. The molecule has 0 unspecified atom stereocenters. The molecule has 0 amide bonds. The van der Waals surface area contributed by atoms with Crippen LogP contribution in [0.5, 0.6) is 28.7 Å². The molecule has 0 aliphatic carbocycles. The Hall–Kier alpha value is -4.96. The fraction of sp³-hybridized carbons (Fsp3) is 0.111. The first-order valence-corrected chi connectivity index (χ1v) is 13.1. The summed E-state index contributed by atoms with van der Waals surface area (Å²) >= 11 is 0. The van der Waals surface area contributed by atoms with Gasteiger partial charge in [-0.2, -0.15) is 0 Å². The molecule has 0 radical (unpaired) electrons. The summed E-state index contributed by atoms with van der Waals surface area (Å²) in [6.07, 6.45) is 9.37. The molecule has 0 aliphatic heterocycles. The van der Waals surface area contributed by atoms with E-state index in [-0.39, 0.29) is 23.0 Å². The van der Waals surface area contributed by atoms with Crippen molar-refractivity contribution in [1.29, 1.82) is 0 Å². The molecule has 4 nitrogen and oxygen atoms in total. The van der Waals surface area contributed by atoms with Gasteiger partial charge in [0.15, 0.2) is 11.5 Å². The Bertz CT molecular complexity index is 1580. The van der Waals surface area contributed by atoms with Crippen LogP contribution >= 0.6 is 0 Å². The Kier molecular flexibility index (Phi) is 8.93. The highest BCUT2D eigenvalue weighted by Gasteiger charge is 2.18. The van der Waals surface area contributed by atoms with Gasteiger partial charge in [-0.05, 0) is 102 Å². The number of phenolic OH excluding ortho intramolecular Hbond substituents is 3. The average molecular weight is 531 g/mol. The van der Waals surface area contributed by atoms with Gasteiger partial charge >= 0.3 is 0 Å². The van der Waals surface area contributed by atoms with Crippen LogP contribution in [0.25, 0.3) is 22.3 Å². The predicted molar refractivity (Wildman–Crippen MR) is 164 cm³/mol. The highest BCUT2D eigenvalue weighted by molar-refractivity contribution is 5.77. The van der Waals surface area contributed by atoms with Crippen LogP contribution in [0.1, 0.15) is 22.3 Å². The molecule has 0 heterocycles. The second-order valence-corrected chi connectivity index (χ2v) is 9.58. The smallest absolute Gasteiger partial charge is 0.169 e. The molecule has 0 saturated carbocycles. The largest absolute Gasteiger partial charge is 0.508 e. The lowest BCUT2D eigenvalue weighted by atomic mass is 9.96. The van der Waals surface area contributed by atoms with E-state index in [1.807, 2.05) is 60.7 Å². The van der Waals surface area contributed by atoms with Crippen LogP contribution in [0, 0.1) is 0 Å². The number of allylic oxidation sites excluding steroid dienone is 4. The third kappa shape index (κ3) is 6.19. The first-order valence-electron chi connectivity index (χ1n) is 13.1. The number of hydrogen-bond acceptors (Lipinski definition) is 4. The van der Waals surface area contributed by atoms with E-state index in [9.17, 15) is 15.3 Å². The third-order valence-electron chi connectivity index (χ3n) is 6.67. The normalized spacial score (nSPS) is 10.6. The predicted octanol–water partition coefficient (Wildman–Crippen LogP) is 8.84. The van der Waals surface area contributed by atoms with E-state index in [1.54, 1.807) is 30.4 Å². The number of ether oxygens (including phenoxy) is 1. The molecule has 40 heavy (non-hydrogen) atoms. The summed E-state index contributed by atoms with van der Waals surface area (Å²) in [5.41, 5.74) is 6.41. The molecule has 0 aliphatic rings. The lowest BCUT2D eigenvalue weighted by Gasteiger charge is -2.18. The van der Waals surface area contributed by atoms with Crippen LogP contribution in [0.4, 0.5) is 0 Å². The molecule has 0 bridgehead atoms. The van der Waals surface area contributed by atoms with Gasteiger partial charge in [-0.15, -0.1) is 26.3 Å². The topological polar surface area (TPSA) is 69.9 Å². The van der Waals surface area contributed by atoms with Gasteiger partial charge in [0.25, 0.3) is 0 Å². The van der Waals surface area contributed by atoms with Crippen molar-refractivity contribution in [3.05, 3.63) is 140 Å². The van der Waals surface area contributed by atoms with Crippen LogP contribution in [-0.4, -0.2) is 15.3 Å². The lowest BCUT2D eigenvalue weighted by molar-refractivity contribution is 0.408. The summed E-state index contributed by atoms with van der Waals surface area (Å²) in [7, 11) is 0. The van der Waals surface area contributed by atoms with E-state index in [1.165, 1.54) is 0 Å². The van der Waals surface area contributed by atoms with E-state index in [0.29, 0.717) is 48.1 Å². The van der Waals surface area contributed by atoms with Gasteiger partial charge in [-0.25, -0.2) is 0 Å². The molecular formula is C36H34O4. The maximum Gasteiger partial charge on any atom is 0.169 e. The van der Waals surface area contributed by atoms with Crippen molar-refractivity contribution >= 4 is 0 Å². The SMILES string of the molecule is C=CCc1ccc(O)c(-c2cc(CC=C)c(O)c(Oc3ccc(CC=C)cc3-c3ccc(O)c(CC=C)c3)c2)c1. The van der Waals surface area contributed by atoms with E-state index in [0.717, 1.165) is 27.8 Å². The summed E-state index contributed by atoms with van der Waals surface area (Å²) in [6, 6.07) is 20.3. The fourth-order valence-corrected chi connectivity index (χ4v) is 4.69. The summed E-state index contributed by atoms with van der Waals surface area (Å²) in [5.74, 6) is 1.12. The van der Waals surface area contributed by atoms with Crippen molar-refractivity contribution in [2.24, 2.45) is 0 Å². The highest BCUT2D eigenvalue weighted by Crippen LogP contribution is 2.43. The summed E-state index contributed by atoms with van der Waals surface area (Å²) in [5, 5.41) is 32.2. The van der Waals surface area contributed by atoms with Crippen molar-refractivity contribution in [2.75, 3.05) is 0 Å². The van der Waals surface area contributed by atoms with Gasteiger partial charge in [0.2, 0.25) is 0 Å². The number of aromatic hydroxyl groups is 3. The standard InChI is InChI=1S/C36H34O4/c1-5-9-24-13-16-33(38)30(19-24)29-22-28(12-8-4)36(39)35(23-29)40-34-18-14-25(10-6-2)20-31(34)26-15-17-32(37)27(21-26)11-7-3/h5-8,13-23,37-39H,1-4,9-12H2. The molecule has 4 aromatic carbocycles. The molecule has 202 valence electrons. The monoisotopic (exact) mass is 530 g/mol. The Morgan fingerprint density at radius 2 is 1.10 bits per heavy atom. The van der Waals surface area contributed by atoms with E-state index < -0.39 is 0 Å². The number of phenols is 3. The van der Waals surface area contributed by atoms with E-state index >= 15 is 0 Å². The van der Waals surface area contributed by atoms with Crippen molar-refractivity contribution < 1.29 is 20.1 Å². The van der Waals surface area contributed by atoms with Gasteiger partial charge in [0.05, 0.1) is 0 Å². The first kappa shape index (κ1) is 28.1. The quantitative estimate of drug-likeness (QED) is 0.160. The molecular weight excluding hydrogens is 496 g/mol. The van der Waals surface area contributed by atoms with E-state index in [4.69, 9.17) is 4.74 Å². The summed E-state index contributed by atoms with van der Waals surface area (Å²) in [4.78, 5) is 0. The van der Waals surface area contributed by atoms with Gasteiger partial charge in [-0.3, -0.25) is 0 Å². The molecule has 0 atom stereocenters. The zero-order chi connectivity index (χ0) is 28.6. The van der Waals surface area contributed by atoms with Crippen molar-refractivity contribution in [3.8, 4) is 51.0 Å². The molecule has 0 saturated heterocycles. The molecule has 3 N–H and O–H groups in total. The maximum absolute atomic E-state index is 11.2. The van der Waals surface area contributed by atoms with Crippen LogP contribution in [0.2, 0.25) is 0 Å². The molecule has 4 heteroatoms. The summed E-state index contributed by atoms with van der Waals surface area (Å²) in [6.45, 7) is 15.3. The van der Waals surface area contributed by atoms with Gasteiger partial charge in [0.1, 0.15) is 17.2 Å². The minimum atomic E-state index is 0.00422. The molecule has 4 rings (SSSR count). The van der Waals surface area contributed by atoms with Gasteiger partial charge in [-0.1, -0.05) is 42.5 Å². The zero-order valence-electron chi connectivity index (χ0n) is 22.6. The minimum absolute atomic E-state index is 0.00422. The van der Waals surface area contributed by atoms with Crippen molar-refractivity contribution in [2.45, 2.75) is 25.7 Å². The van der Waals surface area contributed by atoms with Gasteiger partial charge in [0, 0.05) is 16.7 Å². The van der Waals surface area contributed by atoms with Crippen LogP contribution in [0.15, 0.2) is 117 Å². The zero-order valence-corrected chi connectivity index (χ0v) is 22.6.